The normalized spacial score (nSPS) is 25.5. The highest BCUT2D eigenvalue weighted by Gasteiger charge is 2.53. The van der Waals surface area contributed by atoms with Gasteiger partial charge in [-0.2, -0.15) is 0 Å². The van der Waals surface area contributed by atoms with Gasteiger partial charge in [-0.3, -0.25) is 9.59 Å². The van der Waals surface area contributed by atoms with Crippen LogP contribution in [0.2, 0.25) is 0 Å². The third-order valence-corrected chi connectivity index (χ3v) is 5.29. The van der Waals surface area contributed by atoms with E-state index in [1.54, 1.807) is 0 Å². The van der Waals surface area contributed by atoms with E-state index in [1.807, 2.05) is 4.90 Å². The predicted molar refractivity (Wildman–Crippen MR) is 83.9 cm³/mol. The summed E-state index contributed by atoms with van der Waals surface area (Å²) in [7, 11) is 0. The first-order valence-electron chi connectivity index (χ1n) is 8.74. The standard InChI is InChI=1S/C17H30N2O2/c1-4-10-14-15(20)19(13(5-2)6-3)17(16(21)18-14)11-8-7-9-12-17/h13-14H,4-12H2,1-3H3,(H,18,21). The fraction of sp³-hybridized carbons (Fsp3) is 0.882. The molecule has 0 radical (unpaired) electrons. The molecule has 0 aromatic carbocycles. The van der Waals surface area contributed by atoms with Crippen LogP contribution in [-0.2, 0) is 9.59 Å². The quantitative estimate of drug-likeness (QED) is 0.847. The Kier molecular flexibility index (Phi) is 5.28. The van der Waals surface area contributed by atoms with Crippen molar-refractivity contribution < 1.29 is 9.59 Å². The summed E-state index contributed by atoms with van der Waals surface area (Å²) >= 11 is 0. The molecule has 1 N–H and O–H groups in total. The van der Waals surface area contributed by atoms with E-state index >= 15 is 0 Å². The van der Waals surface area contributed by atoms with Crippen LogP contribution in [0.5, 0.6) is 0 Å². The summed E-state index contributed by atoms with van der Waals surface area (Å²) in [4.78, 5) is 27.9. The maximum Gasteiger partial charge on any atom is 0.246 e. The van der Waals surface area contributed by atoms with Gasteiger partial charge in [-0.1, -0.05) is 46.5 Å². The second-order valence-corrected chi connectivity index (χ2v) is 6.59. The van der Waals surface area contributed by atoms with E-state index in [-0.39, 0.29) is 23.9 Å². The summed E-state index contributed by atoms with van der Waals surface area (Å²) in [6, 6.07) is -0.114. The fourth-order valence-corrected chi connectivity index (χ4v) is 4.11. The van der Waals surface area contributed by atoms with Crippen molar-refractivity contribution in [1.29, 1.82) is 0 Å². The number of piperazine rings is 1. The molecule has 1 heterocycles. The van der Waals surface area contributed by atoms with Crippen molar-refractivity contribution in [1.82, 2.24) is 10.2 Å². The molecule has 2 fully saturated rings. The summed E-state index contributed by atoms with van der Waals surface area (Å²) in [5, 5.41) is 3.03. The van der Waals surface area contributed by atoms with E-state index in [2.05, 4.69) is 26.1 Å². The van der Waals surface area contributed by atoms with E-state index < -0.39 is 5.54 Å². The monoisotopic (exact) mass is 294 g/mol. The lowest BCUT2D eigenvalue weighted by Crippen LogP contribution is -2.73. The molecule has 1 spiro atoms. The van der Waals surface area contributed by atoms with Crippen LogP contribution in [0.15, 0.2) is 0 Å². The Morgan fingerprint density at radius 3 is 2.29 bits per heavy atom. The Labute approximate surface area is 128 Å². The van der Waals surface area contributed by atoms with Gasteiger partial charge in [0.2, 0.25) is 11.8 Å². The van der Waals surface area contributed by atoms with Gasteiger partial charge in [-0.25, -0.2) is 0 Å². The number of hydrogen-bond acceptors (Lipinski definition) is 2. The van der Waals surface area contributed by atoms with Gasteiger partial charge in [0.1, 0.15) is 11.6 Å². The number of amides is 2. The predicted octanol–water partition coefficient (Wildman–Crippen LogP) is 3.01. The molecule has 1 aliphatic carbocycles. The molecule has 0 aromatic rings. The zero-order chi connectivity index (χ0) is 15.5. The number of carbonyl (C=O) groups is 2. The minimum atomic E-state index is -0.559. The van der Waals surface area contributed by atoms with E-state index in [0.29, 0.717) is 0 Å². The van der Waals surface area contributed by atoms with Crippen LogP contribution in [0.1, 0.15) is 78.6 Å². The molecule has 1 aliphatic heterocycles. The molecule has 1 atom stereocenters. The fourth-order valence-electron chi connectivity index (χ4n) is 4.11. The summed E-state index contributed by atoms with van der Waals surface area (Å²) in [5.41, 5.74) is -0.559. The van der Waals surface area contributed by atoms with Gasteiger partial charge in [0.05, 0.1) is 0 Å². The SMILES string of the molecule is CCCC1NC(=O)C2(CCCCC2)N(C(CC)CC)C1=O. The zero-order valence-electron chi connectivity index (χ0n) is 13.8. The van der Waals surface area contributed by atoms with Crippen LogP contribution < -0.4 is 5.32 Å². The van der Waals surface area contributed by atoms with Crippen LogP contribution in [0.4, 0.5) is 0 Å². The molecule has 4 heteroatoms. The van der Waals surface area contributed by atoms with Gasteiger partial charge < -0.3 is 10.2 Å². The minimum Gasteiger partial charge on any atom is -0.342 e. The van der Waals surface area contributed by atoms with Gasteiger partial charge in [0.25, 0.3) is 0 Å². The van der Waals surface area contributed by atoms with Crippen LogP contribution >= 0.6 is 0 Å². The van der Waals surface area contributed by atoms with E-state index in [1.165, 1.54) is 6.42 Å². The third kappa shape index (κ3) is 2.82. The van der Waals surface area contributed by atoms with Crippen molar-refractivity contribution in [3.05, 3.63) is 0 Å². The Balaban J connectivity index is 2.36. The molecule has 120 valence electrons. The lowest BCUT2D eigenvalue weighted by atomic mass is 9.76. The van der Waals surface area contributed by atoms with Crippen LogP contribution in [0, 0.1) is 0 Å². The van der Waals surface area contributed by atoms with Crippen molar-refractivity contribution in [2.75, 3.05) is 0 Å². The minimum absolute atomic E-state index is 0.104. The molecule has 1 saturated carbocycles. The Morgan fingerprint density at radius 2 is 1.76 bits per heavy atom. The Bertz CT molecular complexity index is 384. The first kappa shape index (κ1) is 16.3. The summed E-state index contributed by atoms with van der Waals surface area (Å²) in [5.74, 6) is 0.263. The van der Waals surface area contributed by atoms with Crippen molar-refractivity contribution in [2.24, 2.45) is 0 Å². The number of rotatable bonds is 5. The highest BCUT2D eigenvalue weighted by Crippen LogP contribution is 2.39. The Hall–Kier alpha value is -1.06. The number of hydrogen-bond donors (Lipinski definition) is 1. The first-order chi connectivity index (χ1) is 10.1. The number of carbonyl (C=O) groups excluding carboxylic acids is 2. The molecule has 0 bridgehead atoms. The number of nitrogens with zero attached hydrogens (tertiary/aromatic N) is 1. The lowest BCUT2D eigenvalue weighted by molar-refractivity contribution is -0.164. The van der Waals surface area contributed by atoms with E-state index in [0.717, 1.165) is 51.4 Å². The molecule has 4 nitrogen and oxygen atoms in total. The van der Waals surface area contributed by atoms with Crippen LogP contribution in [-0.4, -0.2) is 34.3 Å². The molecular weight excluding hydrogens is 264 g/mol. The van der Waals surface area contributed by atoms with Gasteiger partial charge in [-0.15, -0.1) is 0 Å². The molecular formula is C17H30N2O2. The maximum atomic E-state index is 13.0. The van der Waals surface area contributed by atoms with Crippen molar-refractivity contribution in [3.8, 4) is 0 Å². The Morgan fingerprint density at radius 1 is 1.14 bits per heavy atom. The van der Waals surface area contributed by atoms with Gasteiger partial charge in [-0.05, 0) is 32.1 Å². The van der Waals surface area contributed by atoms with Crippen LogP contribution in [0.25, 0.3) is 0 Å². The average Bonchev–Trinajstić information content (AvgIpc) is 2.50. The van der Waals surface area contributed by atoms with E-state index in [4.69, 9.17) is 0 Å². The molecule has 2 aliphatic rings. The van der Waals surface area contributed by atoms with Crippen molar-refractivity contribution >= 4 is 11.8 Å². The summed E-state index contributed by atoms with van der Waals surface area (Å²) < 4.78 is 0. The lowest BCUT2D eigenvalue weighted by Gasteiger charge is -2.53. The molecule has 21 heavy (non-hydrogen) atoms. The summed E-state index contributed by atoms with van der Waals surface area (Å²) in [6.45, 7) is 6.31. The first-order valence-corrected chi connectivity index (χ1v) is 8.74. The molecule has 1 saturated heterocycles. The average molecular weight is 294 g/mol. The van der Waals surface area contributed by atoms with Crippen molar-refractivity contribution in [3.63, 3.8) is 0 Å². The molecule has 1 unspecified atom stereocenters. The second kappa shape index (κ2) is 6.80. The second-order valence-electron chi connectivity index (χ2n) is 6.59. The smallest absolute Gasteiger partial charge is 0.246 e. The van der Waals surface area contributed by atoms with Gasteiger partial charge in [0, 0.05) is 6.04 Å². The molecule has 2 amide bonds. The van der Waals surface area contributed by atoms with E-state index in [9.17, 15) is 9.59 Å². The largest absolute Gasteiger partial charge is 0.342 e. The summed E-state index contributed by atoms with van der Waals surface area (Å²) in [6.07, 6.45) is 8.47. The highest BCUT2D eigenvalue weighted by atomic mass is 16.2. The third-order valence-electron chi connectivity index (χ3n) is 5.29. The zero-order valence-corrected chi connectivity index (χ0v) is 13.8. The molecule has 0 aromatic heterocycles. The topological polar surface area (TPSA) is 49.4 Å². The van der Waals surface area contributed by atoms with Crippen molar-refractivity contribution in [2.45, 2.75) is 96.2 Å². The van der Waals surface area contributed by atoms with Crippen LogP contribution in [0.3, 0.4) is 0 Å². The highest BCUT2D eigenvalue weighted by molar-refractivity contribution is 6.00. The molecule has 2 rings (SSSR count). The number of nitrogens with one attached hydrogen (secondary N) is 1. The van der Waals surface area contributed by atoms with Gasteiger partial charge in [0.15, 0.2) is 0 Å². The van der Waals surface area contributed by atoms with Gasteiger partial charge >= 0.3 is 0 Å². The maximum absolute atomic E-state index is 13.0.